The summed E-state index contributed by atoms with van der Waals surface area (Å²) in [5.74, 6) is 0.438. The molecule has 1 aromatic rings. The molecule has 4 heteroatoms. The van der Waals surface area contributed by atoms with E-state index in [1.807, 2.05) is 18.2 Å². The number of rotatable bonds is 3. The Balaban J connectivity index is 1.80. The SMILES string of the molecule is O=C(NC1(c2ccccn2)CNC1)C1CC1. The van der Waals surface area contributed by atoms with Crippen LogP contribution >= 0.6 is 0 Å². The molecule has 0 radical (unpaired) electrons. The molecule has 0 unspecified atom stereocenters. The number of hydrogen-bond donors (Lipinski definition) is 2. The standard InChI is InChI=1S/C12H15N3O/c16-11(9-4-5-9)15-12(7-13-8-12)10-3-1-2-6-14-10/h1-3,6,9,13H,4-5,7-8H2,(H,15,16). The second kappa shape index (κ2) is 3.56. The highest BCUT2D eigenvalue weighted by Gasteiger charge is 2.43. The third kappa shape index (κ3) is 1.59. The molecule has 2 N–H and O–H groups in total. The van der Waals surface area contributed by atoms with Gasteiger partial charge in [-0.25, -0.2) is 0 Å². The number of nitrogens with zero attached hydrogens (tertiary/aromatic N) is 1. The van der Waals surface area contributed by atoms with Crippen molar-refractivity contribution in [3.05, 3.63) is 30.1 Å². The number of amides is 1. The summed E-state index contributed by atoms with van der Waals surface area (Å²) in [6.45, 7) is 1.56. The first-order valence-electron chi connectivity index (χ1n) is 5.74. The Morgan fingerprint density at radius 1 is 1.44 bits per heavy atom. The Labute approximate surface area is 94.5 Å². The molecule has 1 aromatic heterocycles. The second-order valence-corrected chi connectivity index (χ2v) is 4.66. The fourth-order valence-electron chi connectivity index (χ4n) is 2.04. The monoisotopic (exact) mass is 217 g/mol. The highest BCUT2D eigenvalue weighted by atomic mass is 16.2. The molecule has 2 aliphatic rings. The number of carbonyl (C=O) groups excluding carboxylic acids is 1. The predicted octanol–water partition coefficient (Wildman–Crippen LogP) is 0.406. The van der Waals surface area contributed by atoms with Crippen LogP contribution in [0.3, 0.4) is 0 Å². The number of aromatic nitrogens is 1. The lowest BCUT2D eigenvalue weighted by molar-refractivity contribution is -0.125. The molecule has 1 aliphatic heterocycles. The zero-order valence-electron chi connectivity index (χ0n) is 9.07. The maximum absolute atomic E-state index is 11.8. The molecule has 1 aliphatic carbocycles. The largest absolute Gasteiger partial charge is 0.342 e. The van der Waals surface area contributed by atoms with Gasteiger partial charge in [-0.2, -0.15) is 0 Å². The van der Waals surface area contributed by atoms with E-state index in [9.17, 15) is 4.79 Å². The minimum absolute atomic E-state index is 0.187. The summed E-state index contributed by atoms with van der Waals surface area (Å²) in [5.41, 5.74) is 0.698. The van der Waals surface area contributed by atoms with Crippen molar-refractivity contribution in [3.8, 4) is 0 Å². The molecule has 0 aromatic carbocycles. The fraction of sp³-hybridized carbons (Fsp3) is 0.500. The van der Waals surface area contributed by atoms with Crippen molar-refractivity contribution in [3.63, 3.8) is 0 Å². The first kappa shape index (κ1) is 9.78. The average molecular weight is 217 g/mol. The summed E-state index contributed by atoms with van der Waals surface area (Å²) < 4.78 is 0. The van der Waals surface area contributed by atoms with Crippen LogP contribution in [0, 0.1) is 5.92 Å². The van der Waals surface area contributed by atoms with Crippen LogP contribution in [-0.2, 0) is 10.3 Å². The number of pyridine rings is 1. The highest BCUT2D eigenvalue weighted by molar-refractivity contribution is 5.82. The number of hydrogen-bond acceptors (Lipinski definition) is 3. The van der Waals surface area contributed by atoms with Crippen LogP contribution in [0.15, 0.2) is 24.4 Å². The van der Waals surface area contributed by atoms with Crippen LogP contribution in [0.1, 0.15) is 18.5 Å². The third-order valence-corrected chi connectivity index (χ3v) is 3.32. The van der Waals surface area contributed by atoms with Crippen LogP contribution in [0.4, 0.5) is 0 Å². The van der Waals surface area contributed by atoms with E-state index in [1.54, 1.807) is 6.20 Å². The van der Waals surface area contributed by atoms with Crippen LogP contribution in [0.2, 0.25) is 0 Å². The van der Waals surface area contributed by atoms with Crippen LogP contribution < -0.4 is 10.6 Å². The second-order valence-electron chi connectivity index (χ2n) is 4.66. The molecule has 2 heterocycles. The molecule has 1 saturated heterocycles. The van der Waals surface area contributed by atoms with Crippen LogP contribution in [-0.4, -0.2) is 24.0 Å². The number of carbonyl (C=O) groups is 1. The molecule has 16 heavy (non-hydrogen) atoms. The van der Waals surface area contributed by atoms with Gasteiger partial charge in [0.15, 0.2) is 0 Å². The fourth-order valence-corrected chi connectivity index (χ4v) is 2.04. The molecule has 0 spiro atoms. The zero-order valence-corrected chi connectivity index (χ0v) is 9.07. The first-order valence-corrected chi connectivity index (χ1v) is 5.74. The normalized spacial score (nSPS) is 22.2. The molecular weight excluding hydrogens is 202 g/mol. The molecule has 1 saturated carbocycles. The van der Waals surface area contributed by atoms with Crippen molar-refractivity contribution >= 4 is 5.91 Å². The molecule has 0 bridgehead atoms. The van der Waals surface area contributed by atoms with Gasteiger partial charge >= 0.3 is 0 Å². The highest BCUT2D eigenvalue weighted by Crippen LogP contribution is 2.31. The van der Waals surface area contributed by atoms with Gasteiger partial charge in [0, 0.05) is 25.2 Å². The average Bonchev–Trinajstić information content (AvgIpc) is 3.08. The van der Waals surface area contributed by atoms with Crippen LogP contribution in [0.5, 0.6) is 0 Å². The van der Waals surface area contributed by atoms with Crippen molar-refractivity contribution < 1.29 is 4.79 Å². The Bertz CT molecular complexity index is 396. The van der Waals surface area contributed by atoms with Crippen molar-refractivity contribution in [2.45, 2.75) is 18.4 Å². The van der Waals surface area contributed by atoms with Gasteiger partial charge in [-0.3, -0.25) is 9.78 Å². The van der Waals surface area contributed by atoms with Crippen LogP contribution in [0.25, 0.3) is 0 Å². The van der Waals surface area contributed by atoms with E-state index in [1.165, 1.54) is 0 Å². The van der Waals surface area contributed by atoms with E-state index in [4.69, 9.17) is 0 Å². The number of nitrogens with one attached hydrogen (secondary N) is 2. The molecule has 3 rings (SSSR count). The summed E-state index contributed by atoms with van der Waals surface area (Å²) in [6, 6.07) is 5.84. The molecule has 0 atom stereocenters. The van der Waals surface area contributed by atoms with E-state index < -0.39 is 0 Å². The Hall–Kier alpha value is -1.42. The molecule has 4 nitrogen and oxygen atoms in total. The predicted molar refractivity (Wildman–Crippen MR) is 59.7 cm³/mol. The lowest BCUT2D eigenvalue weighted by atomic mass is 9.87. The summed E-state index contributed by atoms with van der Waals surface area (Å²) in [7, 11) is 0. The Kier molecular flexibility index (Phi) is 2.17. The summed E-state index contributed by atoms with van der Waals surface area (Å²) in [5, 5.41) is 6.35. The van der Waals surface area contributed by atoms with Gasteiger partial charge in [0.2, 0.25) is 5.91 Å². The molecule has 1 amide bonds. The van der Waals surface area contributed by atoms with Gasteiger partial charge in [0.25, 0.3) is 0 Å². The third-order valence-electron chi connectivity index (χ3n) is 3.32. The molecular formula is C12H15N3O. The molecule has 2 fully saturated rings. The zero-order chi connectivity index (χ0) is 11.0. The van der Waals surface area contributed by atoms with E-state index >= 15 is 0 Å². The smallest absolute Gasteiger partial charge is 0.223 e. The minimum Gasteiger partial charge on any atom is -0.342 e. The quantitative estimate of drug-likeness (QED) is 0.771. The van der Waals surface area contributed by atoms with Gasteiger partial charge < -0.3 is 10.6 Å². The maximum atomic E-state index is 11.8. The van der Waals surface area contributed by atoms with Crippen molar-refractivity contribution in [1.29, 1.82) is 0 Å². The van der Waals surface area contributed by atoms with Gasteiger partial charge in [-0.1, -0.05) is 6.07 Å². The first-order chi connectivity index (χ1) is 7.80. The summed E-state index contributed by atoms with van der Waals surface area (Å²) >= 11 is 0. The van der Waals surface area contributed by atoms with E-state index in [2.05, 4.69) is 15.6 Å². The van der Waals surface area contributed by atoms with E-state index in [0.29, 0.717) is 0 Å². The summed E-state index contributed by atoms with van der Waals surface area (Å²) in [4.78, 5) is 16.2. The van der Waals surface area contributed by atoms with E-state index in [-0.39, 0.29) is 17.4 Å². The van der Waals surface area contributed by atoms with Crippen molar-refractivity contribution in [2.75, 3.05) is 13.1 Å². The maximum Gasteiger partial charge on any atom is 0.223 e. The lowest BCUT2D eigenvalue weighted by Crippen LogP contribution is -2.66. The van der Waals surface area contributed by atoms with E-state index in [0.717, 1.165) is 31.6 Å². The lowest BCUT2D eigenvalue weighted by Gasteiger charge is -2.42. The minimum atomic E-state index is -0.263. The van der Waals surface area contributed by atoms with Gasteiger partial charge in [0.05, 0.1) is 5.69 Å². The van der Waals surface area contributed by atoms with Gasteiger partial charge in [-0.05, 0) is 25.0 Å². The Morgan fingerprint density at radius 2 is 2.25 bits per heavy atom. The van der Waals surface area contributed by atoms with Crippen molar-refractivity contribution in [2.24, 2.45) is 5.92 Å². The Morgan fingerprint density at radius 3 is 2.75 bits per heavy atom. The topological polar surface area (TPSA) is 54.0 Å². The summed E-state index contributed by atoms with van der Waals surface area (Å²) in [6.07, 6.45) is 3.85. The van der Waals surface area contributed by atoms with Gasteiger partial charge in [0.1, 0.15) is 5.54 Å². The van der Waals surface area contributed by atoms with Gasteiger partial charge in [-0.15, -0.1) is 0 Å². The molecule has 84 valence electrons. The van der Waals surface area contributed by atoms with Crippen molar-refractivity contribution in [1.82, 2.24) is 15.6 Å².